The van der Waals surface area contributed by atoms with Crippen LogP contribution in [0, 0.1) is 11.6 Å². The summed E-state index contributed by atoms with van der Waals surface area (Å²) in [6.45, 7) is -1.93. The Morgan fingerprint density at radius 2 is 1.90 bits per heavy atom. The molecule has 2 aliphatic heterocycles. The van der Waals surface area contributed by atoms with Gasteiger partial charge in [0.05, 0.1) is 9.63 Å². The summed E-state index contributed by atoms with van der Waals surface area (Å²) in [6, 6.07) is 0.0954. The molecule has 0 spiro atoms. The number of fused-ring (bicyclic) bond motifs is 1. The summed E-state index contributed by atoms with van der Waals surface area (Å²) in [4.78, 5) is 47.2. The number of hydrogen-bond acceptors (Lipinski definition) is 4. The van der Waals surface area contributed by atoms with Gasteiger partial charge in [0.2, 0.25) is 5.91 Å². The summed E-state index contributed by atoms with van der Waals surface area (Å²) in [7, 11) is 0. The lowest BCUT2D eigenvalue weighted by Crippen LogP contribution is -2.54. The molecule has 2 aromatic heterocycles. The van der Waals surface area contributed by atoms with E-state index in [4.69, 9.17) is 4.11 Å². The van der Waals surface area contributed by atoms with Crippen molar-refractivity contribution in [3.8, 4) is 0 Å². The summed E-state index contributed by atoms with van der Waals surface area (Å²) in [6.07, 6.45) is -4.82. The molecule has 40 heavy (non-hydrogen) atoms. The lowest BCUT2D eigenvalue weighted by atomic mass is 9.93. The third kappa shape index (κ3) is 5.65. The molecular weight excluding hydrogens is 539 g/mol. The highest BCUT2D eigenvalue weighted by atomic mass is 19.4. The van der Waals surface area contributed by atoms with E-state index in [1.54, 1.807) is 0 Å². The maximum atomic E-state index is 14.5. The zero-order valence-electron chi connectivity index (χ0n) is 24.0. The number of aromatic nitrogens is 3. The first kappa shape index (κ1) is 23.9. The lowest BCUT2D eigenvalue weighted by molar-refractivity contribution is -0.162. The average Bonchev–Trinajstić information content (AvgIpc) is 3.20. The van der Waals surface area contributed by atoms with E-state index in [0.717, 1.165) is 6.07 Å². The number of carbonyl (C=O) groups excluding carboxylic acids is 2. The third-order valence-electron chi connectivity index (χ3n) is 7.37. The lowest BCUT2D eigenvalue weighted by Gasteiger charge is -2.34. The van der Waals surface area contributed by atoms with Gasteiger partial charge in [-0.2, -0.15) is 13.2 Å². The van der Waals surface area contributed by atoms with Gasteiger partial charge in [-0.05, 0) is 49.4 Å². The van der Waals surface area contributed by atoms with E-state index in [0.29, 0.717) is 4.90 Å². The van der Waals surface area contributed by atoms with Crippen molar-refractivity contribution in [3.63, 3.8) is 0 Å². The molecule has 0 radical (unpaired) electrons. The predicted molar refractivity (Wildman–Crippen MR) is 133 cm³/mol. The Hall–Kier alpha value is -3.97. The Balaban J connectivity index is 1.29. The van der Waals surface area contributed by atoms with Crippen molar-refractivity contribution in [1.82, 2.24) is 29.7 Å². The fraction of sp³-hybridized carbons (Fsp3) is 0.462. The molecule has 5 rings (SSSR count). The van der Waals surface area contributed by atoms with Crippen molar-refractivity contribution < 1.29 is 35.7 Å². The van der Waals surface area contributed by atoms with Crippen molar-refractivity contribution in [2.75, 3.05) is 26.2 Å². The molecule has 214 valence electrons. The van der Waals surface area contributed by atoms with E-state index in [1.807, 2.05) is 0 Å². The van der Waals surface area contributed by atoms with E-state index in [-0.39, 0.29) is 61.5 Å². The van der Waals surface area contributed by atoms with Gasteiger partial charge in [0.25, 0.3) is 0 Å². The molecule has 9 nitrogen and oxygen atoms in total. The highest BCUT2D eigenvalue weighted by Gasteiger charge is 2.40. The number of aromatic amines is 1. The van der Waals surface area contributed by atoms with Gasteiger partial charge in [-0.1, -0.05) is 12.1 Å². The van der Waals surface area contributed by atoms with Gasteiger partial charge in [0.15, 0.2) is 17.3 Å². The molecule has 2 fully saturated rings. The van der Waals surface area contributed by atoms with Gasteiger partial charge >= 0.3 is 17.9 Å². The van der Waals surface area contributed by atoms with Gasteiger partial charge < -0.3 is 15.1 Å². The Labute approximate surface area is 229 Å². The van der Waals surface area contributed by atoms with Crippen LogP contribution in [-0.4, -0.2) is 74.7 Å². The van der Waals surface area contributed by atoms with E-state index in [1.165, 1.54) is 21.6 Å². The van der Waals surface area contributed by atoms with Crippen LogP contribution in [0.5, 0.6) is 0 Å². The normalized spacial score (nSPS) is 22.1. The Kier molecular flexibility index (Phi) is 6.50. The summed E-state index contributed by atoms with van der Waals surface area (Å²) in [5, 5.41) is 2.51. The first-order valence-corrected chi connectivity index (χ1v) is 12.7. The molecule has 3 aromatic rings. The first-order valence-electron chi connectivity index (χ1n) is 14.2. The monoisotopic (exact) mass is 569 g/mol. The second-order valence-corrected chi connectivity index (χ2v) is 9.94. The summed E-state index contributed by atoms with van der Waals surface area (Å²) < 4.78 is 93.5. The predicted octanol–water partition coefficient (Wildman–Crippen LogP) is 3.69. The number of H-pyrrole nitrogens is 1. The Morgan fingerprint density at radius 1 is 1.15 bits per heavy atom. The summed E-state index contributed by atoms with van der Waals surface area (Å²) in [5.74, 6) is -4.27. The maximum Gasteiger partial charge on any atom is 0.406 e. The molecule has 0 bridgehead atoms. The molecule has 2 saturated heterocycles. The molecule has 2 aliphatic rings. The number of rotatable bonds is 4. The average molecular weight is 570 g/mol. The minimum absolute atomic E-state index is 0.00267. The molecule has 3 amide bonds. The van der Waals surface area contributed by atoms with E-state index in [2.05, 4.69) is 15.3 Å². The van der Waals surface area contributed by atoms with Crippen LogP contribution in [0.1, 0.15) is 47.3 Å². The van der Waals surface area contributed by atoms with Gasteiger partial charge in [0, 0.05) is 37.8 Å². The number of alkyl halides is 3. The number of halogens is 5. The number of imidazole rings is 1. The van der Waals surface area contributed by atoms with Crippen LogP contribution in [0.3, 0.4) is 0 Å². The van der Waals surface area contributed by atoms with Crippen LogP contribution in [0.15, 0.2) is 41.3 Å². The van der Waals surface area contributed by atoms with Crippen molar-refractivity contribution in [1.29, 1.82) is 0 Å². The topological polar surface area (TPSA) is 103 Å². The minimum atomic E-state index is -4.76. The zero-order valence-corrected chi connectivity index (χ0v) is 21.0. The van der Waals surface area contributed by atoms with Gasteiger partial charge in [-0.25, -0.2) is 23.4 Å². The molecule has 0 unspecified atom stereocenters. The van der Waals surface area contributed by atoms with Crippen LogP contribution in [0.2, 0.25) is 0 Å². The highest BCUT2D eigenvalue weighted by Crippen LogP contribution is 2.32. The molecule has 14 heteroatoms. The quantitative estimate of drug-likeness (QED) is 0.468. The van der Waals surface area contributed by atoms with Crippen LogP contribution in [-0.2, 0) is 4.79 Å². The Morgan fingerprint density at radius 3 is 2.62 bits per heavy atom. The second-order valence-electron chi connectivity index (χ2n) is 9.94. The number of carbonyl (C=O) groups is 2. The van der Waals surface area contributed by atoms with Gasteiger partial charge in [-0.3, -0.25) is 14.3 Å². The highest BCUT2D eigenvalue weighted by molar-refractivity contribution is 5.87. The van der Waals surface area contributed by atoms with Crippen LogP contribution < -0.4 is 11.0 Å². The van der Waals surface area contributed by atoms with Crippen LogP contribution in [0.25, 0.3) is 11.2 Å². The summed E-state index contributed by atoms with van der Waals surface area (Å²) in [5.41, 5.74) is -0.652. The SMILES string of the molecule is [2H]c1nc2[nH]c(=O)n(C3CCN(C(=O)N[C@H]4CC[C@H](c5cccc(F)c5F)CN(CC(F)(F)F)C4=O)CC3)c2c([2H])c1[2H]. The molecule has 2 atom stereocenters. The van der Waals surface area contributed by atoms with E-state index >= 15 is 0 Å². The fourth-order valence-electron chi connectivity index (χ4n) is 5.46. The largest absolute Gasteiger partial charge is 0.406 e. The van der Waals surface area contributed by atoms with Crippen LogP contribution in [0.4, 0.5) is 26.7 Å². The number of likely N-dealkylation sites (tertiary alicyclic amines) is 2. The molecular formula is C26H27F5N6O3. The number of piperidine rings is 1. The van der Waals surface area contributed by atoms with Crippen molar-refractivity contribution in [2.45, 2.75) is 49.9 Å². The number of hydrogen-bond donors (Lipinski definition) is 2. The second kappa shape index (κ2) is 10.9. The smallest absolute Gasteiger partial charge is 0.331 e. The van der Waals surface area contributed by atoms with Crippen molar-refractivity contribution in [3.05, 3.63) is 64.1 Å². The van der Waals surface area contributed by atoms with Crippen molar-refractivity contribution >= 4 is 23.1 Å². The standard InChI is InChI=1S/C26H27F5N6O3/c27-18-4-1-3-17(21(18)28)15-6-7-19(23(38)36(13-15)14-26(29,30)31)33-24(39)35-11-8-16(9-12-35)37-20-5-2-10-32-22(20)34-25(37)40/h1-5,10,15-16,19H,6-9,11-14H2,(H,33,39)(H,32,34,40)/t15-,19-/m0/s1/i2D,5D,10D. The first-order chi connectivity index (χ1) is 20.2. The number of nitrogens with zero attached hydrogens (tertiary/aromatic N) is 4. The molecule has 0 saturated carbocycles. The molecule has 4 heterocycles. The summed E-state index contributed by atoms with van der Waals surface area (Å²) >= 11 is 0. The Bertz CT molecular complexity index is 1620. The van der Waals surface area contributed by atoms with E-state index in [9.17, 15) is 36.3 Å². The van der Waals surface area contributed by atoms with Gasteiger partial charge in [-0.15, -0.1) is 0 Å². The molecule has 0 aliphatic carbocycles. The van der Waals surface area contributed by atoms with Gasteiger partial charge in [0.1, 0.15) is 12.6 Å². The molecule has 1 aromatic carbocycles. The number of benzene rings is 1. The minimum Gasteiger partial charge on any atom is -0.331 e. The van der Waals surface area contributed by atoms with Crippen LogP contribution >= 0.6 is 0 Å². The number of pyridine rings is 1. The number of amides is 3. The zero-order chi connectivity index (χ0) is 31.2. The number of urea groups is 1. The fourth-order valence-corrected chi connectivity index (χ4v) is 5.46. The van der Waals surface area contributed by atoms with Crippen molar-refractivity contribution in [2.24, 2.45) is 0 Å². The number of nitrogens with one attached hydrogen (secondary N) is 2. The third-order valence-corrected chi connectivity index (χ3v) is 7.37. The maximum absolute atomic E-state index is 14.5. The molecule has 2 N–H and O–H groups in total. The van der Waals surface area contributed by atoms with E-state index < -0.39 is 78.7 Å².